The second-order valence-corrected chi connectivity index (χ2v) is 7.90. The molecule has 168 valence electrons. The highest BCUT2D eigenvalue weighted by atomic mass is 16.6. The molecule has 0 fully saturated rings. The quantitative estimate of drug-likeness (QED) is 0.588. The van der Waals surface area contributed by atoms with Crippen molar-refractivity contribution < 1.29 is 19.1 Å². The molecule has 0 saturated heterocycles. The molecule has 1 atom stereocenters. The first kappa shape index (κ1) is 20.8. The summed E-state index contributed by atoms with van der Waals surface area (Å²) in [6, 6.07) is 17.0. The third-order valence-electron chi connectivity index (χ3n) is 5.83. The smallest absolute Gasteiger partial charge is 0.313 e. The summed E-state index contributed by atoms with van der Waals surface area (Å²) >= 11 is 0. The molecule has 1 unspecified atom stereocenters. The number of ether oxygens (including phenoxy) is 2. The molecule has 0 aliphatic carbocycles. The number of nitrogens with one attached hydrogen (secondary N) is 2. The average Bonchev–Trinajstić information content (AvgIpc) is 3.28. The number of carbonyl (C=O) groups is 2. The van der Waals surface area contributed by atoms with Crippen LogP contribution in [-0.2, 0) is 16.0 Å². The van der Waals surface area contributed by atoms with Crippen molar-refractivity contribution in [1.29, 1.82) is 0 Å². The van der Waals surface area contributed by atoms with E-state index < -0.39 is 11.8 Å². The molecule has 1 aromatic heterocycles. The molecule has 2 aliphatic rings. The zero-order valence-corrected chi connectivity index (χ0v) is 18.0. The zero-order valence-electron chi connectivity index (χ0n) is 18.0. The summed E-state index contributed by atoms with van der Waals surface area (Å²) in [7, 11) is 0. The Bertz CT molecular complexity index is 1170. The molecule has 2 aromatic carbocycles. The van der Waals surface area contributed by atoms with Gasteiger partial charge in [-0.2, -0.15) is 0 Å². The lowest BCUT2D eigenvalue weighted by molar-refractivity contribution is -0.136. The molecule has 8 heteroatoms. The molecular weight excluding hydrogens is 420 g/mol. The Morgan fingerprint density at radius 2 is 1.85 bits per heavy atom. The Kier molecular flexibility index (Phi) is 5.80. The fourth-order valence-corrected chi connectivity index (χ4v) is 4.25. The number of pyridine rings is 1. The highest BCUT2D eigenvalue weighted by molar-refractivity contribution is 6.39. The monoisotopic (exact) mass is 444 g/mol. The number of hydrogen-bond acceptors (Lipinski definition) is 6. The third kappa shape index (κ3) is 4.45. The largest absolute Gasteiger partial charge is 0.486 e. The molecule has 3 heterocycles. The van der Waals surface area contributed by atoms with Crippen LogP contribution in [0.5, 0.6) is 11.5 Å². The number of amides is 2. The molecule has 0 radical (unpaired) electrons. The first-order chi connectivity index (χ1) is 16.2. The van der Waals surface area contributed by atoms with Crippen LogP contribution < -0.4 is 25.0 Å². The summed E-state index contributed by atoms with van der Waals surface area (Å²) in [6.45, 7) is 2.03. The van der Waals surface area contributed by atoms with Crippen molar-refractivity contribution in [2.75, 3.05) is 36.5 Å². The zero-order chi connectivity index (χ0) is 22.6. The number of rotatable bonds is 5. The minimum absolute atomic E-state index is 0.145. The van der Waals surface area contributed by atoms with Crippen LogP contribution >= 0.6 is 0 Å². The highest BCUT2D eigenvalue weighted by Crippen LogP contribution is 2.35. The van der Waals surface area contributed by atoms with E-state index in [2.05, 4.69) is 32.7 Å². The van der Waals surface area contributed by atoms with Crippen LogP contribution in [0.1, 0.15) is 17.2 Å². The van der Waals surface area contributed by atoms with Gasteiger partial charge in [-0.1, -0.05) is 24.3 Å². The van der Waals surface area contributed by atoms with Gasteiger partial charge in [0.2, 0.25) is 0 Å². The minimum atomic E-state index is -0.738. The molecule has 5 rings (SSSR count). The van der Waals surface area contributed by atoms with Crippen LogP contribution in [0.15, 0.2) is 67.0 Å². The summed E-state index contributed by atoms with van der Waals surface area (Å²) in [6.07, 6.45) is 4.45. The molecule has 0 bridgehead atoms. The van der Waals surface area contributed by atoms with Crippen LogP contribution in [0, 0.1) is 0 Å². The van der Waals surface area contributed by atoms with Gasteiger partial charge in [0.05, 0.1) is 6.04 Å². The first-order valence-corrected chi connectivity index (χ1v) is 10.9. The maximum Gasteiger partial charge on any atom is 0.313 e. The van der Waals surface area contributed by atoms with Crippen LogP contribution in [0.4, 0.5) is 11.4 Å². The first-order valence-electron chi connectivity index (χ1n) is 10.9. The summed E-state index contributed by atoms with van der Waals surface area (Å²) in [5.74, 6) is -0.276. The normalized spacial score (nSPS) is 14.8. The predicted molar refractivity (Wildman–Crippen MR) is 124 cm³/mol. The van der Waals surface area contributed by atoms with Gasteiger partial charge in [-0.05, 0) is 41.8 Å². The molecule has 0 saturated carbocycles. The van der Waals surface area contributed by atoms with E-state index in [1.807, 2.05) is 24.3 Å². The number of benzene rings is 2. The lowest BCUT2D eigenvalue weighted by atomic mass is 10.1. The van der Waals surface area contributed by atoms with Gasteiger partial charge in [0, 0.05) is 42.9 Å². The van der Waals surface area contributed by atoms with Crippen LogP contribution in [0.3, 0.4) is 0 Å². The Morgan fingerprint density at radius 3 is 2.70 bits per heavy atom. The van der Waals surface area contributed by atoms with Crippen molar-refractivity contribution in [1.82, 2.24) is 10.3 Å². The molecule has 3 aromatic rings. The van der Waals surface area contributed by atoms with Gasteiger partial charge in [-0.25, -0.2) is 0 Å². The van der Waals surface area contributed by atoms with Crippen molar-refractivity contribution in [2.24, 2.45) is 0 Å². The van der Waals surface area contributed by atoms with E-state index in [1.165, 1.54) is 5.56 Å². The molecule has 8 nitrogen and oxygen atoms in total. The summed E-state index contributed by atoms with van der Waals surface area (Å²) < 4.78 is 11.0. The van der Waals surface area contributed by atoms with Gasteiger partial charge in [-0.15, -0.1) is 0 Å². The summed E-state index contributed by atoms with van der Waals surface area (Å²) in [4.78, 5) is 31.6. The third-order valence-corrected chi connectivity index (χ3v) is 5.83. The van der Waals surface area contributed by atoms with Crippen molar-refractivity contribution in [3.63, 3.8) is 0 Å². The maximum atomic E-state index is 12.6. The number of hydrogen-bond donors (Lipinski definition) is 2. The van der Waals surface area contributed by atoms with Crippen molar-refractivity contribution in [3.8, 4) is 11.5 Å². The topological polar surface area (TPSA) is 92.8 Å². The molecular formula is C25H24N4O4. The second kappa shape index (κ2) is 9.20. The number of fused-ring (bicyclic) bond motifs is 2. The van der Waals surface area contributed by atoms with Gasteiger partial charge in [0.15, 0.2) is 11.5 Å². The van der Waals surface area contributed by atoms with Crippen LogP contribution in [0.2, 0.25) is 0 Å². The van der Waals surface area contributed by atoms with E-state index in [9.17, 15) is 9.59 Å². The predicted octanol–water partition coefficient (Wildman–Crippen LogP) is 2.71. The van der Waals surface area contributed by atoms with E-state index in [0.717, 1.165) is 24.2 Å². The van der Waals surface area contributed by atoms with Gasteiger partial charge >= 0.3 is 11.8 Å². The molecule has 2 N–H and O–H groups in total. The summed E-state index contributed by atoms with van der Waals surface area (Å²) in [5.41, 5.74) is 3.86. The minimum Gasteiger partial charge on any atom is -0.486 e. The second-order valence-electron chi connectivity index (χ2n) is 7.90. The van der Waals surface area contributed by atoms with Gasteiger partial charge in [0.1, 0.15) is 13.2 Å². The van der Waals surface area contributed by atoms with Crippen molar-refractivity contribution >= 4 is 23.2 Å². The number of carbonyl (C=O) groups excluding carboxylic acids is 2. The Hall–Kier alpha value is -4.07. The maximum absolute atomic E-state index is 12.6. The van der Waals surface area contributed by atoms with Crippen molar-refractivity contribution in [2.45, 2.75) is 12.5 Å². The Balaban J connectivity index is 1.27. The number of aromatic nitrogens is 1. The van der Waals surface area contributed by atoms with E-state index in [-0.39, 0.29) is 12.6 Å². The molecule has 33 heavy (non-hydrogen) atoms. The SMILES string of the molecule is O=C(NCC(c1cccnc1)N1CCc2ccccc21)C(=O)Nc1ccc2c(c1)OCCO2. The molecule has 2 aliphatic heterocycles. The van der Waals surface area contributed by atoms with Gasteiger partial charge in [0.25, 0.3) is 0 Å². The fourth-order valence-electron chi connectivity index (χ4n) is 4.25. The van der Waals surface area contributed by atoms with Gasteiger partial charge in [-0.3, -0.25) is 14.6 Å². The lowest BCUT2D eigenvalue weighted by Crippen LogP contribution is -2.41. The van der Waals surface area contributed by atoms with E-state index in [4.69, 9.17) is 9.47 Å². The van der Waals surface area contributed by atoms with Crippen molar-refractivity contribution in [3.05, 3.63) is 78.1 Å². The highest BCUT2D eigenvalue weighted by Gasteiger charge is 2.28. The van der Waals surface area contributed by atoms with E-state index >= 15 is 0 Å². The number of para-hydroxylation sites is 1. The molecule has 0 spiro atoms. The lowest BCUT2D eigenvalue weighted by Gasteiger charge is -2.30. The summed E-state index contributed by atoms with van der Waals surface area (Å²) in [5, 5.41) is 5.42. The van der Waals surface area contributed by atoms with Crippen LogP contribution in [-0.4, -0.2) is 43.1 Å². The fraction of sp³-hybridized carbons (Fsp3) is 0.240. The van der Waals surface area contributed by atoms with Crippen LogP contribution in [0.25, 0.3) is 0 Å². The average molecular weight is 444 g/mol. The Morgan fingerprint density at radius 1 is 1.00 bits per heavy atom. The number of anilines is 2. The Labute approximate surface area is 191 Å². The van der Waals surface area contributed by atoms with Gasteiger partial charge < -0.3 is 25.0 Å². The standard InChI is InChI=1S/C25H24N4O4/c30-24(25(31)28-19-7-8-22-23(14-19)33-13-12-32-22)27-16-21(18-5-3-10-26-15-18)29-11-9-17-4-1-2-6-20(17)29/h1-8,10,14-15,21H,9,11-13,16H2,(H,27,30)(H,28,31). The van der Waals surface area contributed by atoms with E-state index in [1.54, 1.807) is 30.6 Å². The molecule has 2 amide bonds. The number of nitrogens with zero attached hydrogens (tertiary/aromatic N) is 2. The van der Waals surface area contributed by atoms with E-state index in [0.29, 0.717) is 30.4 Å².